The first-order valence-electron chi connectivity index (χ1n) is 11.3. The van der Waals surface area contributed by atoms with Crippen molar-refractivity contribution in [2.75, 3.05) is 33.3 Å². The maximum atomic E-state index is 15.3. The highest BCUT2D eigenvalue weighted by molar-refractivity contribution is 7.48. The van der Waals surface area contributed by atoms with Gasteiger partial charge in [-0.2, -0.15) is 13.8 Å². The van der Waals surface area contributed by atoms with Crippen molar-refractivity contribution in [1.82, 2.24) is 9.55 Å². The van der Waals surface area contributed by atoms with Crippen LogP contribution in [-0.2, 0) is 29.4 Å². The fourth-order valence-electron chi connectivity index (χ4n) is 4.06. The third kappa shape index (κ3) is 5.30. The monoisotopic (exact) mass is 547 g/mol. The van der Waals surface area contributed by atoms with Crippen molar-refractivity contribution in [3.05, 3.63) is 40.4 Å². The minimum absolute atomic E-state index is 0.131. The Balaban J connectivity index is 1.51. The fraction of sp³-hybridized carbons (Fsp3) is 0.545. The summed E-state index contributed by atoms with van der Waals surface area (Å²) >= 11 is 0. The van der Waals surface area contributed by atoms with Crippen molar-refractivity contribution in [3.63, 3.8) is 0 Å². The molecule has 0 amide bonds. The van der Waals surface area contributed by atoms with Crippen molar-refractivity contribution < 1.29 is 45.9 Å². The number of phosphoric acid groups is 1. The Kier molecular flexibility index (Phi) is 7.77. The van der Waals surface area contributed by atoms with Crippen molar-refractivity contribution in [1.29, 1.82) is 0 Å². The van der Waals surface area contributed by atoms with Gasteiger partial charge >= 0.3 is 19.4 Å². The molecule has 0 spiro atoms. The van der Waals surface area contributed by atoms with E-state index >= 15 is 8.78 Å². The summed E-state index contributed by atoms with van der Waals surface area (Å²) in [5, 5.41) is 2.96. The summed E-state index contributed by atoms with van der Waals surface area (Å²) in [5.74, 6) is -2.30. The maximum Gasteiger partial charge on any atom is 0.475 e. The maximum absolute atomic E-state index is 15.3. The number of methoxy groups -OCH3 is 3. The summed E-state index contributed by atoms with van der Waals surface area (Å²) in [4.78, 5) is 16.5. The van der Waals surface area contributed by atoms with Crippen LogP contribution in [0.15, 0.2) is 29.2 Å². The van der Waals surface area contributed by atoms with Crippen molar-refractivity contribution in [3.8, 4) is 17.2 Å². The molecule has 2 aliphatic heterocycles. The smallest absolute Gasteiger partial charge is 0.475 e. The molecule has 3 heterocycles. The summed E-state index contributed by atoms with van der Waals surface area (Å²) in [6.45, 7) is 2.85. The number of anilines is 1. The molecule has 0 saturated carbocycles. The summed E-state index contributed by atoms with van der Waals surface area (Å²) in [5.41, 5.74) is -0.318. The molecule has 204 valence electrons. The van der Waals surface area contributed by atoms with Crippen LogP contribution in [0.3, 0.4) is 0 Å². The number of phosphoric ester groups is 1. The summed E-state index contributed by atoms with van der Waals surface area (Å²) in [6, 6.07) is 4.78. The molecule has 2 saturated heterocycles. The second kappa shape index (κ2) is 10.5. The third-order valence-electron chi connectivity index (χ3n) is 5.66. The average molecular weight is 547 g/mol. The molecule has 1 N–H and O–H groups in total. The van der Waals surface area contributed by atoms with Gasteiger partial charge in [-0.15, -0.1) is 0 Å². The Labute approximate surface area is 211 Å². The zero-order valence-electron chi connectivity index (χ0n) is 20.8. The van der Waals surface area contributed by atoms with Gasteiger partial charge in [0.1, 0.15) is 11.9 Å². The van der Waals surface area contributed by atoms with E-state index in [0.29, 0.717) is 27.4 Å². The van der Waals surface area contributed by atoms with Crippen LogP contribution in [0, 0.1) is 0 Å². The van der Waals surface area contributed by atoms with Crippen LogP contribution in [0.4, 0.5) is 14.6 Å². The quantitative estimate of drug-likeness (QED) is 0.464. The van der Waals surface area contributed by atoms with Gasteiger partial charge in [-0.3, -0.25) is 18.1 Å². The van der Waals surface area contributed by atoms with E-state index in [9.17, 15) is 9.36 Å². The topological polar surface area (TPSA) is 129 Å². The Bertz CT molecular complexity index is 1240. The van der Waals surface area contributed by atoms with Crippen molar-refractivity contribution >= 4 is 13.6 Å². The van der Waals surface area contributed by atoms with Crippen LogP contribution < -0.4 is 25.2 Å². The number of ether oxygens (including phenoxy) is 4. The van der Waals surface area contributed by atoms with Gasteiger partial charge in [0, 0.05) is 18.3 Å². The molecule has 4 atom stereocenters. The molecule has 2 aliphatic rings. The van der Waals surface area contributed by atoms with Crippen molar-refractivity contribution in [2.45, 2.75) is 50.9 Å². The van der Waals surface area contributed by atoms with Crippen LogP contribution in [0.2, 0.25) is 0 Å². The number of aromatic nitrogens is 2. The molecule has 2 unspecified atom stereocenters. The first-order chi connectivity index (χ1) is 17.5. The summed E-state index contributed by atoms with van der Waals surface area (Å²) in [7, 11) is 0.234. The standard InChI is InChI=1S/C22H28F2N3O9P/c1-12(2)35-37(29)33-11-15-19(36-37)22(23,24)20(34-15)27-9-8-16(26-21(27)28)25-10-13-6-7-14(30-3)18(32-5)17(13)31-4/h6-9,12,15,19-20H,10-11H2,1-5H3,(H,25,26,28)/t15-,19-,20?,37?/m1/s1. The van der Waals surface area contributed by atoms with Crippen LogP contribution in [0.5, 0.6) is 17.2 Å². The van der Waals surface area contributed by atoms with Gasteiger partial charge in [-0.25, -0.2) is 9.36 Å². The number of hydrogen-bond acceptors (Lipinski definition) is 11. The molecule has 2 aromatic rings. The predicted molar refractivity (Wildman–Crippen MR) is 125 cm³/mol. The lowest BCUT2D eigenvalue weighted by molar-refractivity contribution is -0.139. The minimum Gasteiger partial charge on any atom is -0.493 e. The van der Waals surface area contributed by atoms with E-state index in [-0.39, 0.29) is 12.4 Å². The zero-order valence-corrected chi connectivity index (χ0v) is 21.7. The zero-order chi connectivity index (χ0) is 27.0. The van der Waals surface area contributed by atoms with Gasteiger partial charge in [0.15, 0.2) is 17.6 Å². The Morgan fingerprint density at radius 1 is 1.19 bits per heavy atom. The second-order valence-corrected chi connectivity index (χ2v) is 10.0. The normalized spacial score (nSPS) is 26.5. The van der Waals surface area contributed by atoms with Crippen LogP contribution >= 0.6 is 7.82 Å². The number of hydrogen-bond donors (Lipinski definition) is 1. The molecule has 12 nitrogen and oxygen atoms in total. The molecule has 2 fully saturated rings. The fourth-order valence-corrected chi connectivity index (χ4v) is 5.63. The molecule has 15 heteroatoms. The van der Waals surface area contributed by atoms with Gasteiger partial charge in [0.05, 0.1) is 34.0 Å². The number of alkyl halides is 2. The van der Waals surface area contributed by atoms with Gasteiger partial charge < -0.3 is 24.3 Å². The van der Waals surface area contributed by atoms with Crippen LogP contribution in [-0.4, -0.2) is 61.7 Å². The molecule has 0 bridgehead atoms. The number of fused-ring (bicyclic) bond motifs is 1. The number of rotatable bonds is 9. The summed E-state index contributed by atoms with van der Waals surface area (Å²) < 4.78 is 80.3. The molecule has 1 aromatic heterocycles. The lowest BCUT2D eigenvalue weighted by Crippen LogP contribution is -2.45. The average Bonchev–Trinajstić information content (AvgIpc) is 3.10. The highest BCUT2D eigenvalue weighted by Gasteiger charge is 2.65. The summed E-state index contributed by atoms with van der Waals surface area (Å²) in [6.07, 6.45) is -4.69. The lowest BCUT2D eigenvalue weighted by atomic mass is 10.1. The first kappa shape index (κ1) is 27.3. The minimum atomic E-state index is -4.21. The molecule has 4 rings (SSSR count). The highest BCUT2D eigenvalue weighted by atomic mass is 31.2. The number of nitrogens with one attached hydrogen (secondary N) is 1. The highest BCUT2D eigenvalue weighted by Crippen LogP contribution is 2.60. The lowest BCUT2D eigenvalue weighted by Gasteiger charge is -2.32. The van der Waals surface area contributed by atoms with Gasteiger partial charge in [-0.1, -0.05) is 0 Å². The molecule has 1 aromatic carbocycles. The van der Waals surface area contributed by atoms with Crippen LogP contribution in [0.1, 0.15) is 25.6 Å². The largest absolute Gasteiger partial charge is 0.493 e. The van der Waals surface area contributed by atoms with E-state index < -0.39 is 50.6 Å². The molecular formula is C22H28F2N3O9P. The van der Waals surface area contributed by atoms with Gasteiger partial charge in [-0.05, 0) is 32.0 Å². The SMILES string of the molecule is COc1ccc(CNc2ccn(C3O[C@@H]4COP(=O)(OC(C)C)O[C@H]4C3(F)F)c(=O)n2)c(OC)c1OC. The Morgan fingerprint density at radius 3 is 2.54 bits per heavy atom. The van der Waals surface area contributed by atoms with Gasteiger partial charge in [0.25, 0.3) is 0 Å². The van der Waals surface area contributed by atoms with Crippen molar-refractivity contribution in [2.24, 2.45) is 0 Å². The number of halogens is 2. The second-order valence-electron chi connectivity index (χ2n) is 8.47. The molecule has 0 aliphatic carbocycles. The van der Waals surface area contributed by atoms with E-state index in [0.717, 1.165) is 6.20 Å². The molecule has 37 heavy (non-hydrogen) atoms. The third-order valence-corrected chi connectivity index (χ3v) is 7.29. The van der Waals surface area contributed by atoms with Crippen LogP contribution in [0.25, 0.3) is 0 Å². The van der Waals surface area contributed by atoms with E-state index in [1.54, 1.807) is 26.0 Å². The Hall–Kier alpha value is -2.77. The van der Waals surface area contributed by atoms with E-state index in [2.05, 4.69) is 10.3 Å². The van der Waals surface area contributed by atoms with E-state index in [1.807, 2.05) is 0 Å². The molecule has 0 radical (unpaired) electrons. The van der Waals surface area contributed by atoms with E-state index in [4.69, 9.17) is 32.5 Å². The molecular weight excluding hydrogens is 519 g/mol. The van der Waals surface area contributed by atoms with E-state index in [1.165, 1.54) is 27.4 Å². The number of nitrogens with zero attached hydrogens (tertiary/aromatic N) is 2. The number of benzene rings is 1. The van der Waals surface area contributed by atoms with Gasteiger partial charge in [0.2, 0.25) is 12.0 Å². The first-order valence-corrected chi connectivity index (χ1v) is 12.7. The Morgan fingerprint density at radius 2 is 1.92 bits per heavy atom. The predicted octanol–water partition coefficient (Wildman–Crippen LogP) is 3.36.